The summed E-state index contributed by atoms with van der Waals surface area (Å²) in [4.78, 5) is 11.6. The van der Waals surface area contributed by atoms with E-state index in [2.05, 4.69) is 15.9 Å². The summed E-state index contributed by atoms with van der Waals surface area (Å²) in [6.07, 6.45) is 1.80. The second-order valence-corrected chi connectivity index (χ2v) is 4.57. The van der Waals surface area contributed by atoms with Crippen LogP contribution < -0.4 is 0 Å². The molecule has 1 aromatic carbocycles. The maximum atomic E-state index is 11.6. The van der Waals surface area contributed by atoms with Gasteiger partial charge in [0.25, 0.3) is 0 Å². The number of rotatable bonds is 6. The van der Waals surface area contributed by atoms with Gasteiger partial charge in [-0.25, -0.2) is 4.79 Å². The zero-order valence-electron chi connectivity index (χ0n) is 9.84. The lowest BCUT2D eigenvalue weighted by molar-refractivity contribution is 0.0526. The fraction of sp³-hybridized carbons (Fsp3) is 0.462. The molecule has 0 radical (unpaired) electrons. The van der Waals surface area contributed by atoms with Crippen LogP contribution in [0.4, 0.5) is 0 Å². The number of halogens is 2. The van der Waals surface area contributed by atoms with Crippen LogP contribution in [0.3, 0.4) is 0 Å². The summed E-state index contributed by atoms with van der Waals surface area (Å²) in [6, 6.07) is 5.67. The Morgan fingerprint density at radius 2 is 2.18 bits per heavy atom. The van der Waals surface area contributed by atoms with Gasteiger partial charge in [-0.3, -0.25) is 0 Å². The molecule has 1 rings (SSSR count). The van der Waals surface area contributed by atoms with Gasteiger partial charge in [-0.1, -0.05) is 22.0 Å². The Morgan fingerprint density at radius 3 is 2.76 bits per heavy atom. The average Bonchev–Trinajstić information content (AvgIpc) is 2.36. The molecule has 0 bridgehead atoms. The van der Waals surface area contributed by atoms with Crippen molar-refractivity contribution in [3.05, 3.63) is 34.9 Å². The van der Waals surface area contributed by atoms with Crippen molar-refractivity contribution in [3.63, 3.8) is 0 Å². The van der Waals surface area contributed by atoms with Crippen molar-refractivity contribution in [1.82, 2.24) is 0 Å². The number of carbonyl (C=O) groups excluding carboxylic acids is 1. The monoisotopic (exact) mass is 318 g/mol. The summed E-state index contributed by atoms with van der Waals surface area (Å²) in [7, 11) is 0. The van der Waals surface area contributed by atoms with Crippen molar-refractivity contribution < 1.29 is 9.53 Å². The summed E-state index contributed by atoms with van der Waals surface area (Å²) < 4.78 is 4.98. The van der Waals surface area contributed by atoms with Crippen molar-refractivity contribution in [2.45, 2.75) is 25.1 Å². The van der Waals surface area contributed by atoms with E-state index < -0.39 is 0 Å². The van der Waals surface area contributed by atoms with Gasteiger partial charge >= 0.3 is 5.97 Å². The molecule has 0 saturated carbocycles. The first-order valence-electron chi connectivity index (χ1n) is 5.63. The van der Waals surface area contributed by atoms with E-state index in [9.17, 15) is 4.79 Å². The van der Waals surface area contributed by atoms with Gasteiger partial charge in [0.05, 0.1) is 12.2 Å². The fourth-order valence-electron chi connectivity index (χ4n) is 1.59. The molecule has 0 saturated heterocycles. The highest BCUT2D eigenvalue weighted by Crippen LogP contribution is 2.18. The predicted octanol–water partition coefficient (Wildman–Crippen LogP) is 3.93. The molecule has 94 valence electrons. The van der Waals surface area contributed by atoms with E-state index in [4.69, 9.17) is 16.3 Å². The summed E-state index contributed by atoms with van der Waals surface area (Å²) >= 11 is 9.14. The highest BCUT2D eigenvalue weighted by atomic mass is 79.9. The van der Waals surface area contributed by atoms with Gasteiger partial charge in [0.15, 0.2) is 0 Å². The number of hydrogen-bond donors (Lipinski definition) is 0. The largest absolute Gasteiger partial charge is 0.462 e. The molecule has 0 aliphatic heterocycles. The molecule has 0 spiro atoms. The van der Waals surface area contributed by atoms with Crippen LogP contribution in [0.15, 0.2) is 18.2 Å². The minimum atomic E-state index is -0.263. The van der Waals surface area contributed by atoms with Gasteiger partial charge in [0.1, 0.15) is 0 Å². The van der Waals surface area contributed by atoms with Crippen LogP contribution >= 0.6 is 27.5 Å². The summed E-state index contributed by atoms with van der Waals surface area (Å²) in [5.41, 5.74) is 2.97. The first-order valence-corrected chi connectivity index (χ1v) is 7.29. The molecule has 4 heteroatoms. The SMILES string of the molecule is CCOC(=O)c1ccc(CBr)c(CCCCl)c1. The number of hydrogen-bond acceptors (Lipinski definition) is 2. The Kier molecular flexibility index (Phi) is 6.60. The Morgan fingerprint density at radius 1 is 1.41 bits per heavy atom. The van der Waals surface area contributed by atoms with E-state index in [1.165, 1.54) is 5.56 Å². The van der Waals surface area contributed by atoms with Crippen LogP contribution in [-0.4, -0.2) is 18.5 Å². The molecule has 0 aliphatic carbocycles. The van der Waals surface area contributed by atoms with E-state index in [-0.39, 0.29) is 5.97 Å². The number of alkyl halides is 2. The van der Waals surface area contributed by atoms with E-state index >= 15 is 0 Å². The van der Waals surface area contributed by atoms with E-state index in [0.29, 0.717) is 18.1 Å². The molecule has 0 atom stereocenters. The Balaban J connectivity index is 2.91. The highest BCUT2D eigenvalue weighted by molar-refractivity contribution is 9.08. The third kappa shape index (κ3) is 4.32. The third-order valence-corrected chi connectivity index (χ3v) is 3.31. The number of carbonyl (C=O) groups is 1. The lowest BCUT2D eigenvalue weighted by atomic mass is 10.0. The van der Waals surface area contributed by atoms with E-state index in [0.717, 1.165) is 23.7 Å². The highest BCUT2D eigenvalue weighted by Gasteiger charge is 2.09. The maximum Gasteiger partial charge on any atom is 0.338 e. The van der Waals surface area contributed by atoms with Gasteiger partial charge in [-0.2, -0.15) is 0 Å². The van der Waals surface area contributed by atoms with Crippen molar-refractivity contribution in [2.75, 3.05) is 12.5 Å². The van der Waals surface area contributed by atoms with E-state index in [1.54, 1.807) is 13.0 Å². The quantitative estimate of drug-likeness (QED) is 0.586. The zero-order chi connectivity index (χ0) is 12.7. The first-order chi connectivity index (χ1) is 8.22. The Hall–Kier alpha value is -0.540. The number of ether oxygens (including phenoxy) is 1. The first kappa shape index (κ1) is 14.5. The van der Waals surface area contributed by atoms with Crippen molar-refractivity contribution in [3.8, 4) is 0 Å². The normalized spacial score (nSPS) is 10.3. The second-order valence-electron chi connectivity index (χ2n) is 3.63. The molecule has 0 N–H and O–H groups in total. The molecule has 0 unspecified atom stereocenters. The molecule has 0 aromatic heterocycles. The van der Waals surface area contributed by atoms with Crippen molar-refractivity contribution >= 4 is 33.5 Å². The smallest absolute Gasteiger partial charge is 0.338 e. The lowest BCUT2D eigenvalue weighted by Gasteiger charge is -2.09. The van der Waals surface area contributed by atoms with Gasteiger partial charge in [-0.15, -0.1) is 11.6 Å². The van der Waals surface area contributed by atoms with Crippen LogP contribution in [0.2, 0.25) is 0 Å². The predicted molar refractivity (Wildman–Crippen MR) is 74.1 cm³/mol. The summed E-state index contributed by atoms with van der Waals surface area (Å²) in [6.45, 7) is 2.20. The number of benzene rings is 1. The summed E-state index contributed by atoms with van der Waals surface area (Å²) in [5.74, 6) is 0.367. The second kappa shape index (κ2) is 7.72. The molecule has 17 heavy (non-hydrogen) atoms. The van der Waals surface area contributed by atoms with Crippen LogP contribution in [0.1, 0.15) is 34.8 Å². The molecular formula is C13H16BrClO2. The minimum Gasteiger partial charge on any atom is -0.462 e. The number of aryl methyl sites for hydroxylation is 1. The Bertz CT molecular complexity index is 380. The van der Waals surface area contributed by atoms with Gasteiger partial charge in [0.2, 0.25) is 0 Å². The maximum absolute atomic E-state index is 11.6. The third-order valence-electron chi connectivity index (χ3n) is 2.44. The molecule has 0 heterocycles. The fourth-order valence-corrected chi connectivity index (χ4v) is 2.27. The van der Waals surface area contributed by atoms with Crippen LogP contribution in [0.5, 0.6) is 0 Å². The summed E-state index contributed by atoms with van der Waals surface area (Å²) in [5, 5.41) is 0.785. The molecule has 0 fully saturated rings. The number of esters is 1. The molecule has 0 aliphatic rings. The van der Waals surface area contributed by atoms with Gasteiger partial charge in [-0.05, 0) is 43.0 Å². The molecule has 2 nitrogen and oxygen atoms in total. The molecule has 0 amide bonds. The average molecular weight is 320 g/mol. The minimum absolute atomic E-state index is 0.263. The molecule has 1 aromatic rings. The van der Waals surface area contributed by atoms with E-state index in [1.807, 2.05) is 12.1 Å². The standard InChI is InChI=1S/C13H16BrClO2/c1-2-17-13(16)11-5-6-12(9-14)10(8-11)4-3-7-15/h5-6,8H,2-4,7,9H2,1H3. The lowest BCUT2D eigenvalue weighted by Crippen LogP contribution is -2.06. The topological polar surface area (TPSA) is 26.3 Å². The Labute approximate surface area is 115 Å². The van der Waals surface area contributed by atoms with Gasteiger partial charge < -0.3 is 4.74 Å². The van der Waals surface area contributed by atoms with Crippen LogP contribution in [-0.2, 0) is 16.5 Å². The van der Waals surface area contributed by atoms with Crippen LogP contribution in [0.25, 0.3) is 0 Å². The zero-order valence-corrected chi connectivity index (χ0v) is 12.2. The van der Waals surface area contributed by atoms with Crippen LogP contribution in [0, 0.1) is 0 Å². The molecular weight excluding hydrogens is 303 g/mol. The van der Waals surface area contributed by atoms with Crippen molar-refractivity contribution in [2.24, 2.45) is 0 Å². The van der Waals surface area contributed by atoms with Crippen molar-refractivity contribution in [1.29, 1.82) is 0 Å². The van der Waals surface area contributed by atoms with Gasteiger partial charge in [0, 0.05) is 11.2 Å².